The molecule has 7 nitrogen and oxygen atoms in total. The molecule has 0 amide bonds. The topological polar surface area (TPSA) is 111 Å². The maximum absolute atomic E-state index is 11.8. The van der Waals surface area contributed by atoms with E-state index in [2.05, 4.69) is 4.98 Å². The Kier molecular flexibility index (Phi) is 3.90. The summed E-state index contributed by atoms with van der Waals surface area (Å²) in [6, 6.07) is 0. The highest BCUT2D eigenvalue weighted by atomic mass is 127. The summed E-state index contributed by atoms with van der Waals surface area (Å²) < 4.78 is 7.40. The van der Waals surface area contributed by atoms with Crippen LogP contribution in [0.3, 0.4) is 0 Å². The lowest BCUT2D eigenvalue weighted by Gasteiger charge is -2.18. The zero-order valence-corrected chi connectivity index (χ0v) is 11.8. The minimum absolute atomic E-state index is 0.168. The number of aliphatic hydroxyl groups excluding tert-OH is 2. The van der Waals surface area contributed by atoms with Gasteiger partial charge >= 0.3 is 5.69 Å². The molecule has 1 aliphatic rings. The van der Waals surface area contributed by atoms with Crippen molar-refractivity contribution in [2.45, 2.75) is 25.4 Å². The van der Waals surface area contributed by atoms with Crippen LogP contribution in [0.2, 0.25) is 0 Å². The van der Waals surface area contributed by atoms with Crippen LogP contribution in [0.25, 0.3) is 0 Å². The van der Waals surface area contributed by atoms with Crippen molar-refractivity contribution >= 4 is 28.4 Å². The number of halogens is 1. The number of aromatic nitrogens is 2. The molecule has 0 bridgehead atoms. The molecule has 18 heavy (non-hydrogen) atoms. The molecule has 1 saturated heterocycles. The van der Waals surface area contributed by atoms with Crippen molar-refractivity contribution in [3.8, 4) is 0 Å². The first-order valence-electron chi connectivity index (χ1n) is 5.44. The van der Waals surface area contributed by atoms with E-state index in [1.807, 2.05) is 22.6 Å². The van der Waals surface area contributed by atoms with E-state index < -0.39 is 24.1 Å². The second-order valence-corrected chi connectivity index (χ2v) is 5.42. The average Bonchev–Trinajstić information content (AvgIpc) is 2.61. The van der Waals surface area contributed by atoms with E-state index in [9.17, 15) is 9.90 Å². The Labute approximate surface area is 117 Å². The molecular formula is C10H14IN3O4. The second-order valence-electron chi connectivity index (χ2n) is 4.26. The third-order valence-corrected chi connectivity index (χ3v) is 3.90. The van der Waals surface area contributed by atoms with E-state index in [1.165, 1.54) is 4.57 Å². The van der Waals surface area contributed by atoms with Crippen molar-refractivity contribution in [3.05, 3.63) is 20.3 Å². The molecule has 4 unspecified atom stereocenters. The van der Waals surface area contributed by atoms with Crippen LogP contribution in [0.15, 0.2) is 11.0 Å². The highest BCUT2D eigenvalue weighted by Gasteiger charge is 2.41. The van der Waals surface area contributed by atoms with Crippen LogP contribution < -0.4 is 11.4 Å². The van der Waals surface area contributed by atoms with Gasteiger partial charge in [-0.3, -0.25) is 4.57 Å². The largest absolute Gasteiger partial charge is 0.394 e. The van der Waals surface area contributed by atoms with E-state index in [0.717, 1.165) is 0 Å². The summed E-state index contributed by atoms with van der Waals surface area (Å²) in [4.78, 5) is 15.5. The zero-order valence-electron chi connectivity index (χ0n) is 9.65. The van der Waals surface area contributed by atoms with E-state index in [1.54, 1.807) is 13.1 Å². The lowest BCUT2D eigenvalue weighted by atomic mass is 10.0. The molecule has 4 atom stereocenters. The number of anilines is 1. The summed E-state index contributed by atoms with van der Waals surface area (Å²) >= 11 is 1.97. The van der Waals surface area contributed by atoms with Gasteiger partial charge < -0.3 is 20.7 Å². The highest BCUT2D eigenvalue weighted by Crippen LogP contribution is 2.33. The summed E-state index contributed by atoms with van der Waals surface area (Å²) in [6.45, 7) is 1.46. The Balaban J connectivity index is 2.39. The maximum atomic E-state index is 11.8. The lowest BCUT2D eigenvalue weighted by Crippen LogP contribution is -2.31. The molecule has 1 fully saturated rings. The Morgan fingerprint density at radius 2 is 2.33 bits per heavy atom. The van der Waals surface area contributed by atoms with Gasteiger partial charge in [0.05, 0.1) is 16.3 Å². The van der Waals surface area contributed by atoms with Gasteiger partial charge in [-0.15, -0.1) is 0 Å². The van der Waals surface area contributed by atoms with E-state index >= 15 is 0 Å². The first kappa shape index (κ1) is 13.7. The molecule has 0 aromatic carbocycles. The van der Waals surface area contributed by atoms with E-state index in [-0.39, 0.29) is 18.3 Å². The number of nitrogens with two attached hydrogens (primary N) is 1. The standard InChI is InChI=1S/C10H14IN3O4/c1-4-7(16)6(3-15)18-9(4)14-2-5(11)8(12)13-10(14)17/h2,4,6-7,9,15-16H,3H2,1H3,(H2,12,13,17). The van der Waals surface area contributed by atoms with Gasteiger partial charge in [-0.1, -0.05) is 6.92 Å². The smallest absolute Gasteiger partial charge is 0.351 e. The Morgan fingerprint density at radius 3 is 2.89 bits per heavy atom. The summed E-state index contributed by atoms with van der Waals surface area (Å²) in [5, 5.41) is 18.9. The molecule has 2 heterocycles. The van der Waals surface area contributed by atoms with Gasteiger partial charge in [0.2, 0.25) is 0 Å². The molecule has 2 rings (SSSR count). The number of nitrogen functional groups attached to an aromatic ring is 1. The molecule has 0 aliphatic carbocycles. The zero-order chi connectivity index (χ0) is 13.4. The van der Waals surface area contributed by atoms with E-state index in [4.69, 9.17) is 15.6 Å². The molecule has 1 aromatic heterocycles. The van der Waals surface area contributed by atoms with Gasteiger partial charge in [-0.25, -0.2) is 4.79 Å². The van der Waals surface area contributed by atoms with Crippen LogP contribution in [0.1, 0.15) is 13.2 Å². The minimum atomic E-state index is -0.817. The first-order valence-corrected chi connectivity index (χ1v) is 6.52. The van der Waals surface area contributed by atoms with Crippen molar-refractivity contribution in [2.75, 3.05) is 12.3 Å². The molecule has 0 spiro atoms. The van der Waals surface area contributed by atoms with Gasteiger partial charge in [-0.2, -0.15) is 4.98 Å². The van der Waals surface area contributed by atoms with E-state index in [0.29, 0.717) is 3.57 Å². The van der Waals surface area contributed by atoms with Gasteiger partial charge in [0.15, 0.2) is 0 Å². The normalized spacial score (nSPS) is 31.8. The van der Waals surface area contributed by atoms with Crippen molar-refractivity contribution in [2.24, 2.45) is 5.92 Å². The molecule has 100 valence electrons. The fourth-order valence-corrected chi connectivity index (χ4v) is 2.42. The molecule has 0 saturated carbocycles. The lowest BCUT2D eigenvalue weighted by molar-refractivity contribution is -0.0477. The van der Waals surface area contributed by atoms with Crippen LogP contribution in [0.4, 0.5) is 5.82 Å². The fraction of sp³-hybridized carbons (Fsp3) is 0.600. The maximum Gasteiger partial charge on any atom is 0.351 e. The number of nitrogens with zero attached hydrogens (tertiary/aromatic N) is 2. The summed E-state index contributed by atoms with van der Waals surface area (Å²) in [7, 11) is 0. The molecule has 8 heteroatoms. The van der Waals surface area contributed by atoms with Crippen LogP contribution in [-0.4, -0.2) is 38.6 Å². The molecule has 1 aliphatic heterocycles. The number of aliphatic hydroxyl groups is 2. The SMILES string of the molecule is CC1C(O)C(CO)OC1n1cc(I)c(N)nc1=O. The van der Waals surface area contributed by atoms with Crippen LogP contribution in [-0.2, 0) is 4.74 Å². The van der Waals surface area contributed by atoms with Crippen LogP contribution >= 0.6 is 22.6 Å². The Bertz CT molecular complexity index is 506. The summed E-state index contributed by atoms with van der Waals surface area (Å²) in [6.07, 6.45) is -0.612. The van der Waals surface area contributed by atoms with Gasteiger partial charge in [-0.05, 0) is 22.6 Å². The summed E-state index contributed by atoms with van der Waals surface area (Å²) in [5.41, 5.74) is 5.01. The fourth-order valence-electron chi connectivity index (χ4n) is 2.00. The predicted molar refractivity (Wildman–Crippen MR) is 71.8 cm³/mol. The minimum Gasteiger partial charge on any atom is -0.394 e. The van der Waals surface area contributed by atoms with Crippen LogP contribution in [0.5, 0.6) is 0 Å². The average molecular weight is 367 g/mol. The molecular weight excluding hydrogens is 353 g/mol. The predicted octanol–water partition coefficient (Wildman–Crippen LogP) is -0.683. The summed E-state index contributed by atoms with van der Waals surface area (Å²) in [5.74, 6) is -0.150. The molecule has 1 aromatic rings. The first-order chi connectivity index (χ1) is 8.45. The Hall–Kier alpha value is -0.710. The quantitative estimate of drug-likeness (QED) is 0.598. The van der Waals surface area contributed by atoms with Crippen LogP contribution in [0, 0.1) is 9.49 Å². The highest BCUT2D eigenvalue weighted by molar-refractivity contribution is 14.1. The van der Waals surface area contributed by atoms with Crippen molar-refractivity contribution in [1.29, 1.82) is 0 Å². The number of hydrogen-bond donors (Lipinski definition) is 3. The molecule has 4 N–H and O–H groups in total. The molecule has 0 radical (unpaired) electrons. The third-order valence-electron chi connectivity index (χ3n) is 3.07. The van der Waals surface area contributed by atoms with Gasteiger partial charge in [0.25, 0.3) is 0 Å². The number of rotatable bonds is 2. The second kappa shape index (κ2) is 5.11. The third kappa shape index (κ3) is 2.25. The van der Waals surface area contributed by atoms with Gasteiger partial charge in [0.1, 0.15) is 18.1 Å². The van der Waals surface area contributed by atoms with Crippen molar-refractivity contribution in [3.63, 3.8) is 0 Å². The Morgan fingerprint density at radius 1 is 1.67 bits per heavy atom. The van der Waals surface area contributed by atoms with Crippen molar-refractivity contribution < 1.29 is 14.9 Å². The number of hydrogen-bond acceptors (Lipinski definition) is 6. The number of ether oxygens (including phenoxy) is 1. The van der Waals surface area contributed by atoms with Gasteiger partial charge in [0, 0.05) is 12.1 Å². The monoisotopic (exact) mass is 367 g/mol. The van der Waals surface area contributed by atoms with Crippen molar-refractivity contribution in [1.82, 2.24) is 9.55 Å².